The van der Waals surface area contributed by atoms with Crippen molar-refractivity contribution in [1.82, 2.24) is 0 Å². The van der Waals surface area contributed by atoms with E-state index in [1.807, 2.05) is 0 Å². The topological polar surface area (TPSA) is 235 Å². The Hall–Kier alpha value is -5.02. The molecular weight excluding hydrogens is 600 g/mol. The molecule has 2 aliphatic carbocycles. The van der Waals surface area contributed by atoms with Crippen molar-refractivity contribution in [2.24, 2.45) is 0 Å². The lowest BCUT2D eigenvalue weighted by molar-refractivity contribution is 0.0977. The van der Waals surface area contributed by atoms with Gasteiger partial charge >= 0.3 is 0 Å². The third kappa shape index (κ3) is 4.11. The third-order valence-electron chi connectivity index (χ3n) is 7.48. The maximum Gasteiger partial charge on any atom is 0.196 e. The molecule has 0 unspecified atom stereocenters. The summed E-state index contributed by atoms with van der Waals surface area (Å²) in [7, 11) is -10.7. The summed E-state index contributed by atoms with van der Waals surface area (Å²) >= 11 is 0. The number of carbonyl (C=O) groups excluding carboxylic acids is 4. The summed E-state index contributed by atoms with van der Waals surface area (Å²) in [5, 5.41) is 0. The van der Waals surface area contributed by atoms with Crippen LogP contribution in [0.25, 0.3) is 0 Å². The van der Waals surface area contributed by atoms with Crippen LogP contribution >= 0.6 is 0 Å². The monoisotopic (exact) mass is 616 g/mol. The van der Waals surface area contributed by atoms with Gasteiger partial charge in [0.1, 0.15) is 20.2 Å². The Kier molecular flexibility index (Phi) is 6.04. The molecule has 43 heavy (non-hydrogen) atoms. The number of nitrogen functional groups attached to an aromatic ring is 2. The molecule has 0 saturated carbocycles. The Balaban J connectivity index is 1.70. The predicted molar refractivity (Wildman–Crippen MR) is 147 cm³/mol. The second-order valence-corrected chi connectivity index (χ2v) is 12.6. The zero-order valence-corrected chi connectivity index (χ0v) is 23.2. The van der Waals surface area contributed by atoms with Crippen LogP contribution in [0.1, 0.15) is 74.8 Å². The molecule has 4 aromatic rings. The maximum atomic E-state index is 13.7. The zero-order chi connectivity index (χ0) is 31.2. The van der Waals surface area contributed by atoms with E-state index in [-0.39, 0.29) is 44.5 Å². The van der Waals surface area contributed by atoms with E-state index in [2.05, 4.69) is 0 Å². The molecule has 0 aromatic heterocycles. The van der Waals surface area contributed by atoms with Crippen LogP contribution in [0.4, 0.5) is 11.4 Å². The summed E-state index contributed by atoms with van der Waals surface area (Å²) < 4.78 is 73.2. The van der Waals surface area contributed by atoms with E-state index < -0.39 is 82.1 Å². The van der Waals surface area contributed by atoms with Crippen LogP contribution in [0.15, 0.2) is 70.5 Å². The molecular formula is C29H16N2O10S2-2. The summed E-state index contributed by atoms with van der Waals surface area (Å²) in [4.78, 5) is 52.3. The first kappa shape index (κ1) is 28.1. The molecule has 0 aliphatic heterocycles. The molecule has 6 rings (SSSR count). The first-order valence-corrected chi connectivity index (χ1v) is 15.1. The number of carbonyl (C=O) groups is 4. The van der Waals surface area contributed by atoms with Gasteiger partial charge in [-0.15, -0.1) is 0 Å². The average molecular weight is 617 g/mol. The number of ketones is 4. The minimum Gasteiger partial charge on any atom is -0.744 e. The lowest BCUT2D eigenvalue weighted by atomic mass is 9.77. The molecule has 2 aliphatic rings. The van der Waals surface area contributed by atoms with Crippen molar-refractivity contribution in [3.8, 4) is 0 Å². The number of nitrogens with two attached hydrogens (primary N) is 2. The van der Waals surface area contributed by atoms with E-state index in [1.54, 1.807) is 0 Å². The van der Waals surface area contributed by atoms with Crippen LogP contribution in [-0.2, 0) is 26.7 Å². The second kappa shape index (κ2) is 9.24. The van der Waals surface area contributed by atoms with Crippen molar-refractivity contribution >= 4 is 54.7 Å². The van der Waals surface area contributed by atoms with Crippen LogP contribution < -0.4 is 11.5 Å². The maximum absolute atomic E-state index is 13.7. The van der Waals surface area contributed by atoms with Gasteiger partial charge in [-0.25, -0.2) is 16.8 Å². The third-order valence-corrected chi connectivity index (χ3v) is 9.24. The predicted octanol–water partition coefficient (Wildman–Crippen LogP) is 1.80. The zero-order valence-electron chi connectivity index (χ0n) is 21.5. The van der Waals surface area contributed by atoms with E-state index >= 15 is 0 Å². The molecule has 4 aromatic carbocycles. The van der Waals surface area contributed by atoms with Gasteiger partial charge < -0.3 is 20.6 Å². The fraction of sp³-hybridized carbons (Fsp3) is 0.0345. The molecule has 4 N–H and O–H groups in total. The van der Waals surface area contributed by atoms with E-state index in [9.17, 15) is 45.1 Å². The highest BCUT2D eigenvalue weighted by Crippen LogP contribution is 2.41. The second-order valence-electron chi connectivity index (χ2n) is 9.89. The summed E-state index contributed by atoms with van der Waals surface area (Å²) in [6.45, 7) is 0. The van der Waals surface area contributed by atoms with Crippen molar-refractivity contribution in [3.05, 3.63) is 116 Å². The molecule has 12 nitrogen and oxygen atoms in total. The van der Waals surface area contributed by atoms with E-state index in [0.717, 1.165) is 12.1 Å². The van der Waals surface area contributed by atoms with Crippen LogP contribution in [-0.4, -0.2) is 49.1 Å². The SMILES string of the molecule is Nc1c(S(=O)(=O)[O-])cc(Cc2cc(S(=O)(=O)[O-])c(N)c3c2C(=O)c2ccccc2C3=O)c2c1C(=O)c1ccccc1C2=O. The summed E-state index contributed by atoms with van der Waals surface area (Å²) in [6.07, 6.45) is -0.682. The average Bonchev–Trinajstić information content (AvgIpc) is 2.94. The fourth-order valence-corrected chi connectivity index (χ4v) is 6.95. The normalized spacial score (nSPS) is 14.2. The Labute approximate surface area is 243 Å². The molecule has 0 saturated heterocycles. The Morgan fingerprint density at radius 2 is 0.791 bits per heavy atom. The molecule has 216 valence electrons. The Morgan fingerprint density at radius 3 is 1.07 bits per heavy atom. The molecule has 0 amide bonds. The highest BCUT2D eigenvalue weighted by atomic mass is 32.2. The molecule has 0 fully saturated rings. The van der Waals surface area contributed by atoms with E-state index in [0.29, 0.717) is 0 Å². The van der Waals surface area contributed by atoms with Crippen LogP contribution in [0.2, 0.25) is 0 Å². The summed E-state index contributed by atoms with van der Waals surface area (Å²) in [5.41, 5.74) is 7.63. The number of benzene rings is 4. The number of anilines is 2. The van der Waals surface area contributed by atoms with Gasteiger partial charge in [-0.3, -0.25) is 19.2 Å². The van der Waals surface area contributed by atoms with Crippen molar-refractivity contribution < 1.29 is 45.1 Å². The highest BCUT2D eigenvalue weighted by molar-refractivity contribution is 7.86. The largest absolute Gasteiger partial charge is 0.744 e. The number of fused-ring (bicyclic) bond motifs is 4. The van der Waals surface area contributed by atoms with Gasteiger partial charge in [0.2, 0.25) is 0 Å². The minimum atomic E-state index is -5.34. The van der Waals surface area contributed by atoms with Crippen molar-refractivity contribution in [2.45, 2.75) is 16.2 Å². The van der Waals surface area contributed by atoms with Crippen molar-refractivity contribution in [2.75, 3.05) is 11.5 Å². The van der Waals surface area contributed by atoms with Crippen LogP contribution in [0.5, 0.6) is 0 Å². The van der Waals surface area contributed by atoms with Crippen LogP contribution in [0, 0.1) is 0 Å². The minimum absolute atomic E-state index is 0.0549. The lowest BCUT2D eigenvalue weighted by Gasteiger charge is -2.27. The first-order chi connectivity index (χ1) is 20.1. The lowest BCUT2D eigenvalue weighted by Crippen LogP contribution is -2.27. The standard InChI is InChI=1S/C29H18N2O10S2/c30-24-18(42(36,37)38)10-12(20-22(24)28(34)16-7-3-1-5-14(16)26(20)32)9-13-11-19(43(39,40)41)25(31)23-21(13)27(33)15-6-2-4-8-17(15)29(23)35/h1-8,10-11H,9,30-31H2,(H,36,37,38)(H,39,40,41)/p-2. The molecule has 0 radical (unpaired) electrons. The quantitative estimate of drug-likeness (QED) is 0.213. The van der Waals surface area contributed by atoms with Gasteiger partial charge in [0.05, 0.1) is 32.3 Å². The number of hydrogen-bond donors (Lipinski definition) is 2. The van der Waals surface area contributed by atoms with Crippen molar-refractivity contribution in [3.63, 3.8) is 0 Å². The van der Waals surface area contributed by atoms with Gasteiger partial charge in [-0.2, -0.15) is 0 Å². The molecule has 0 bridgehead atoms. The van der Waals surface area contributed by atoms with Gasteiger partial charge in [0.15, 0.2) is 23.1 Å². The van der Waals surface area contributed by atoms with Gasteiger partial charge in [-0.1, -0.05) is 48.5 Å². The van der Waals surface area contributed by atoms with Gasteiger partial charge in [0.25, 0.3) is 0 Å². The Bertz CT molecular complexity index is 2100. The van der Waals surface area contributed by atoms with Gasteiger partial charge in [0, 0.05) is 33.4 Å². The summed E-state index contributed by atoms with van der Waals surface area (Å²) in [6, 6.07) is 12.7. The molecule has 0 heterocycles. The van der Waals surface area contributed by atoms with Crippen LogP contribution in [0.3, 0.4) is 0 Å². The molecule has 14 heteroatoms. The number of rotatable bonds is 4. The first-order valence-electron chi connectivity index (χ1n) is 12.3. The smallest absolute Gasteiger partial charge is 0.196 e. The van der Waals surface area contributed by atoms with Crippen molar-refractivity contribution in [1.29, 1.82) is 0 Å². The van der Waals surface area contributed by atoms with E-state index in [4.69, 9.17) is 11.5 Å². The van der Waals surface area contributed by atoms with Gasteiger partial charge in [-0.05, 0) is 29.7 Å². The molecule has 0 atom stereocenters. The van der Waals surface area contributed by atoms with E-state index in [1.165, 1.54) is 48.5 Å². The highest BCUT2D eigenvalue weighted by Gasteiger charge is 2.38. The summed E-state index contributed by atoms with van der Waals surface area (Å²) in [5.74, 6) is -3.24. The fourth-order valence-electron chi connectivity index (χ4n) is 5.64. The Morgan fingerprint density at radius 1 is 0.512 bits per heavy atom. The molecule has 0 spiro atoms. The number of hydrogen-bond acceptors (Lipinski definition) is 12.